The molecule has 1 unspecified atom stereocenters. The van der Waals surface area contributed by atoms with Gasteiger partial charge in [0, 0.05) is 42.7 Å². The molecule has 0 spiro atoms. The summed E-state index contributed by atoms with van der Waals surface area (Å²) in [6.45, 7) is 0.238. The third-order valence-corrected chi connectivity index (χ3v) is 7.60. The lowest BCUT2D eigenvalue weighted by Crippen LogP contribution is -2.42. The number of fused-ring (bicyclic) bond motifs is 1. The highest BCUT2D eigenvalue weighted by molar-refractivity contribution is 5.82. The van der Waals surface area contributed by atoms with Crippen LogP contribution in [0.1, 0.15) is 52.8 Å². The number of hydrogen-bond acceptors (Lipinski definition) is 6. The number of nitrogens with one attached hydrogen (secondary N) is 1. The number of aliphatic hydroxyl groups excluding tert-OH is 1. The molecule has 1 aliphatic heterocycles. The zero-order chi connectivity index (χ0) is 28.1. The van der Waals surface area contributed by atoms with E-state index in [0.717, 1.165) is 30.7 Å². The molecular weight excluding hydrogens is 523 g/mol. The van der Waals surface area contributed by atoms with Gasteiger partial charge < -0.3 is 15.0 Å². The summed E-state index contributed by atoms with van der Waals surface area (Å²) in [6.07, 6.45) is -0.427. The van der Waals surface area contributed by atoms with Gasteiger partial charge in [-0.15, -0.1) is 0 Å². The van der Waals surface area contributed by atoms with Gasteiger partial charge >= 0.3 is 6.18 Å². The van der Waals surface area contributed by atoms with Crippen molar-refractivity contribution < 1.29 is 23.1 Å². The fraction of sp³-hybridized carbons (Fsp3) is 0.276. The van der Waals surface area contributed by atoms with Crippen molar-refractivity contribution in [3.05, 3.63) is 111 Å². The molecule has 40 heavy (non-hydrogen) atoms. The normalized spacial score (nSPS) is 16.8. The number of nitrogens with zero attached hydrogens (tertiary/aromatic N) is 4. The van der Waals surface area contributed by atoms with Crippen molar-refractivity contribution in [2.75, 3.05) is 6.54 Å². The molecule has 11 heteroatoms. The van der Waals surface area contributed by atoms with E-state index in [-0.39, 0.29) is 35.2 Å². The van der Waals surface area contributed by atoms with Crippen LogP contribution in [0.15, 0.2) is 71.9 Å². The second-order valence-corrected chi connectivity index (χ2v) is 10.1. The van der Waals surface area contributed by atoms with Crippen LogP contribution in [0.2, 0.25) is 0 Å². The average molecular weight is 548 g/mol. The van der Waals surface area contributed by atoms with Crippen LogP contribution in [0.4, 0.5) is 13.2 Å². The highest BCUT2D eigenvalue weighted by Crippen LogP contribution is 2.52. The molecule has 204 valence electrons. The number of carbonyl (C=O) groups excluding carboxylic acids is 1. The minimum atomic E-state index is -4.62. The van der Waals surface area contributed by atoms with E-state index >= 15 is 0 Å². The Morgan fingerprint density at radius 3 is 2.58 bits per heavy atom. The van der Waals surface area contributed by atoms with Crippen molar-refractivity contribution in [1.82, 2.24) is 24.8 Å². The Morgan fingerprint density at radius 2 is 1.85 bits per heavy atom. The number of hydrogen-bond donors (Lipinski definition) is 2. The molecule has 4 heterocycles. The molecule has 1 aliphatic carbocycles. The molecule has 6 rings (SSSR count). The molecule has 1 fully saturated rings. The van der Waals surface area contributed by atoms with Crippen LogP contribution < -0.4 is 5.56 Å². The molecule has 1 aromatic carbocycles. The lowest BCUT2D eigenvalue weighted by atomic mass is 9.94. The smallest absolute Gasteiger partial charge is 0.378 e. The Hall–Kier alpha value is -4.38. The van der Waals surface area contributed by atoms with Crippen LogP contribution in [0.25, 0.3) is 11.1 Å². The molecule has 3 aromatic heterocycles. The molecular formula is C29H24F3N5O3. The molecule has 0 saturated heterocycles. The fourth-order valence-electron chi connectivity index (χ4n) is 5.23. The van der Waals surface area contributed by atoms with Gasteiger partial charge in [0.15, 0.2) is 6.10 Å². The maximum Gasteiger partial charge on any atom is 0.433 e. The van der Waals surface area contributed by atoms with E-state index in [0.29, 0.717) is 29.1 Å². The van der Waals surface area contributed by atoms with E-state index in [4.69, 9.17) is 4.98 Å². The average Bonchev–Trinajstić information content (AvgIpc) is 3.79. The van der Waals surface area contributed by atoms with Crippen LogP contribution in [0, 0.1) is 0 Å². The van der Waals surface area contributed by atoms with Crippen molar-refractivity contribution in [1.29, 1.82) is 0 Å². The summed E-state index contributed by atoms with van der Waals surface area (Å²) in [5.41, 5.74) is 1.07. The molecule has 8 nitrogen and oxygen atoms in total. The standard InChI is InChI=1S/C29H24F3N5O3/c30-29(31,32)23-13-17(6-10-34-23)18-12-19(15-33-14-18)24(38)26(40)37-11-7-22-21(16-37)25(39)36-27(35-22)28(8-9-28)20-4-2-1-3-5-20/h1-6,10,12-15,24,38H,7-9,11,16H2,(H,35,36,39). The van der Waals surface area contributed by atoms with Gasteiger partial charge in [0.1, 0.15) is 11.5 Å². The number of amides is 1. The van der Waals surface area contributed by atoms with E-state index in [2.05, 4.69) is 15.0 Å². The number of halogens is 3. The summed E-state index contributed by atoms with van der Waals surface area (Å²) < 4.78 is 39.3. The van der Waals surface area contributed by atoms with Crippen molar-refractivity contribution in [3.63, 3.8) is 0 Å². The number of aromatic nitrogens is 4. The van der Waals surface area contributed by atoms with Crippen LogP contribution >= 0.6 is 0 Å². The number of aliphatic hydroxyl groups is 1. The van der Waals surface area contributed by atoms with Gasteiger partial charge in [-0.05, 0) is 42.2 Å². The van der Waals surface area contributed by atoms with Gasteiger partial charge in [-0.1, -0.05) is 30.3 Å². The summed E-state index contributed by atoms with van der Waals surface area (Å²) in [5.74, 6) is -0.00308. The zero-order valence-corrected chi connectivity index (χ0v) is 21.2. The van der Waals surface area contributed by atoms with Crippen LogP contribution in [-0.4, -0.2) is 42.4 Å². The molecule has 4 aromatic rings. The van der Waals surface area contributed by atoms with Crippen molar-refractivity contribution in [3.8, 4) is 11.1 Å². The molecule has 2 aliphatic rings. The number of rotatable bonds is 5. The van der Waals surface area contributed by atoms with Gasteiger partial charge in [-0.25, -0.2) is 4.98 Å². The van der Waals surface area contributed by atoms with Gasteiger partial charge in [0.2, 0.25) is 0 Å². The maximum atomic E-state index is 13.2. The Morgan fingerprint density at radius 1 is 1.07 bits per heavy atom. The van der Waals surface area contributed by atoms with E-state index in [1.165, 1.54) is 29.4 Å². The molecule has 1 atom stereocenters. The predicted octanol–water partition coefficient (Wildman–Crippen LogP) is 3.94. The first-order valence-corrected chi connectivity index (χ1v) is 12.8. The highest BCUT2D eigenvalue weighted by atomic mass is 19.4. The lowest BCUT2D eigenvalue weighted by molar-refractivity contribution is -0.142. The molecule has 1 amide bonds. The van der Waals surface area contributed by atoms with Crippen molar-refractivity contribution in [2.45, 2.75) is 43.5 Å². The molecule has 1 saturated carbocycles. The topological polar surface area (TPSA) is 112 Å². The lowest BCUT2D eigenvalue weighted by Gasteiger charge is -2.30. The van der Waals surface area contributed by atoms with Crippen LogP contribution in [0.5, 0.6) is 0 Å². The number of carbonyl (C=O) groups is 1. The molecule has 0 radical (unpaired) electrons. The van der Waals surface area contributed by atoms with Gasteiger partial charge in [-0.3, -0.25) is 19.6 Å². The minimum absolute atomic E-state index is 0.0153. The fourth-order valence-corrected chi connectivity index (χ4v) is 5.23. The van der Waals surface area contributed by atoms with Gasteiger partial charge in [0.05, 0.1) is 23.2 Å². The second-order valence-electron chi connectivity index (χ2n) is 10.1. The Bertz CT molecular complexity index is 1650. The monoisotopic (exact) mass is 547 g/mol. The Kier molecular flexibility index (Phi) is 6.25. The summed E-state index contributed by atoms with van der Waals surface area (Å²) in [6, 6.07) is 13.6. The van der Waals surface area contributed by atoms with E-state index in [9.17, 15) is 27.9 Å². The summed E-state index contributed by atoms with van der Waals surface area (Å²) >= 11 is 0. The number of H-pyrrole nitrogens is 1. The number of pyridine rings is 2. The van der Waals surface area contributed by atoms with Gasteiger partial charge in [-0.2, -0.15) is 13.2 Å². The first-order valence-electron chi connectivity index (χ1n) is 12.8. The van der Waals surface area contributed by atoms with Crippen molar-refractivity contribution >= 4 is 5.91 Å². The Labute approximate surface area is 226 Å². The first-order chi connectivity index (χ1) is 19.2. The summed E-state index contributed by atoms with van der Waals surface area (Å²) in [5, 5.41) is 10.9. The number of benzene rings is 1. The van der Waals surface area contributed by atoms with Gasteiger partial charge in [0.25, 0.3) is 11.5 Å². The number of aromatic amines is 1. The van der Waals surface area contributed by atoms with E-state index < -0.39 is 23.9 Å². The van der Waals surface area contributed by atoms with Crippen LogP contribution in [-0.2, 0) is 29.4 Å². The second kappa shape index (κ2) is 9.67. The Balaban J connectivity index is 1.22. The molecule has 0 bridgehead atoms. The minimum Gasteiger partial charge on any atom is -0.378 e. The third kappa shape index (κ3) is 4.66. The largest absolute Gasteiger partial charge is 0.433 e. The SMILES string of the molecule is O=C(C(O)c1cncc(-c2ccnc(C(F)(F)F)c2)c1)N1CCc2nc(C3(c4ccccc4)CC3)[nH]c(=O)c2C1. The first kappa shape index (κ1) is 25.9. The zero-order valence-electron chi connectivity index (χ0n) is 21.2. The summed E-state index contributed by atoms with van der Waals surface area (Å²) in [4.78, 5) is 42.8. The van der Waals surface area contributed by atoms with E-state index in [1.54, 1.807) is 0 Å². The maximum absolute atomic E-state index is 13.2. The van der Waals surface area contributed by atoms with Crippen molar-refractivity contribution in [2.24, 2.45) is 0 Å². The third-order valence-electron chi connectivity index (χ3n) is 7.60. The van der Waals surface area contributed by atoms with E-state index in [1.807, 2.05) is 30.3 Å². The van der Waals surface area contributed by atoms with Crippen LogP contribution in [0.3, 0.4) is 0 Å². The summed E-state index contributed by atoms with van der Waals surface area (Å²) in [7, 11) is 0. The predicted molar refractivity (Wildman–Crippen MR) is 138 cm³/mol. The quantitative estimate of drug-likeness (QED) is 0.392. The number of alkyl halides is 3. The molecule has 2 N–H and O–H groups in total. The highest BCUT2D eigenvalue weighted by Gasteiger charge is 2.48.